The molecule has 0 bridgehead atoms. The van der Waals surface area contributed by atoms with Gasteiger partial charge in [0, 0.05) is 33.9 Å². The third kappa shape index (κ3) is 4.47. The summed E-state index contributed by atoms with van der Waals surface area (Å²) in [7, 11) is 3.34. The lowest BCUT2D eigenvalue weighted by Gasteiger charge is -2.34. The molecule has 0 radical (unpaired) electrons. The number of hydrogen-bond donors (Lipinski definition) is 1. The van der Waals surface area contributed by atoms with Crippen LogP contribution in [0.3, 0.4) is 0 Å². The summed E-state index contributed by atoms with van der Waals surface area (Å²) in [6.45, 7) is 3.31. The summed E-state index contributed by atoms with van der Waals surface area (Å²) < 4.78 is 10.4. The van der Waals surface area contributed by atoms with Crippen LogP contribution in [0.1, 0.15) is 19.3 Å². The van der Waals surface area contributed by atoms with Crippen molar-refractivity contribution in [2.24, 2.45) is 5.92 Å². The number of hydrogen-bond acceptors (Lipinski definition) is 4. The van der Waals surface area contributed by atoms with Crippen molar-refractivity contribution in [1.82, 2.24) is 4.90 Å². The van der Waals surface area contributed by atoms with E-state index in [0.29, 0.717) is 12.5 Å². The van der Waals surface area contributed by atoms with E-state index in [-0.39, 0.29) is 6.29 Å². The van der Waals surface area contributed by atoms with Crippen LogP contribution in [0.5, 0.6) is 0 Å². The van der Waals surface area contributed by atoms with E-state index in [2.05, 4.69) is 4.90 Å². The quantitative estimate of drug-likeness (QED) is 0.665. The highest BCUT2D eigenvalue weighted by atomic mass is 16.7. The molecular formula is C11H23NO3. The van der Waals surface area contributed by atoms with Crippen LogP contribution in [-0.2, 0) is 9.47 Å². The van der Waals surface area contributed by atoms with E-state index >= 15 is 0 Å². The van der Waals surface area contributed by atoms with Gasteiger partial charge in [-0.15, -0.1) is 0 Å². The van der Waals surface area contributed by atoms with Crippen LogP contribution < -0.4 is 0 Å². The van der Waals surface area contributed by atoms with E-state index in [4.69, 9.17) is 14.6 Å². The molecule has 15 heavy (non-hydrogen) atoms. The summed E-state index contributed by atoms with van der Waals surface area (Å²) in [6.07, 6.45) is 3.24. The van der Waals surface area contributed by atoms with Gasteiger partial charge in [-0.05, 0) is 31.7 Å². The molecule has 0 spiro atoms. The summed E-state index contributed by atoms with van der Waals surface area (Å²) in [5.41, 5.74) is 0. The Balaban J connectivity index is 2.28. The number of rotatable bonds is 6. The molecular weight excluding hydrogens is 194 g/mol. The van der Waals surface area contributed by atoms with E-state index in [1.54, 1.807) is 14.2 Å². The van der Waals surface area contributed by atoms with Crippen molar-refractivity contribution in [2.45, 2.75) is 25.6 Å². The third-order valence-electron chi connectivity index (χ3n) is 3.07. The van der Waals surface area contributed by atoms with Gasteiger partial charge in [-0.25, -0.2) is 0 Å². The fraction of sp³-hybridized carbons (Fsp3) is 1.00. The van der Waals surface area contributed by atoms with Crippen LogP contribution in [0.15, 0.2) is 0 Å². The maximum Gasteiger partial charge on any atom is 0.169 e. The molecule has 1 atom stereocenters. The smallest absolute Gasteiger partial charge is 0.169 e. The minimum atomic E-state index is -0.127. The molecule has 0 aromatic heterocycles. The Morgan fingerprint density at radius 2 is 2.13 bits per heavy atom. The molecule has 0 aromatic rings. The second kappa shape index (κ2) is 7.17. The molecule has 1 unspecified atom stereocenters. The van der Waals surface area contributed by atoms with E-state index in [1.165, 1.54) is 12.8 Å². The first kappa shape index (κ1) is 12.9. The van der Waals surface area contributed by atoms with Crippen LogP contribution in [0.25, 0.3) is 0 Å². The number of nitrogens with zero attached hydrogens (tertiary/aromatic N) is 1. The number of ether oxygens (including phenoxy) is 2. The fourth-order valence-corrected chi connectivity index (χ4v) is 2.19. The monoisotopic (exact) mass is 217 g/mol. The van der Waals surface area contributed by atoms with E-state index < -0.39 is 0 Å². The normalized spacial score (nSPS) is 23.6. The Labute approximate surface area is 92.2 Å². The summed E-state index contributed by atoms with van der Waals surface area (Å²) >= 11 is 0. The lowest BCUT2D eigenvalue weighted by Crippen LogP contribution is -2.41. The maximum absolute atomic E-state index is 8.91. The average Bonchev–Trinajstić information content (AvgIpc) is 2.27. The van der Waals surface area contributed by atoms with Gasteiger partial charge in [0.2, 0.25) is 0 Å². The van der Waals surface area contributed by atoms with Crippen molar-refractivity contribution < 1.29 is 14.6 Å². The van der Waals surface area contributed by atoms with Crippen molar-refractivity contribution in [2.75, 3.05) is 40.5 Å². The maximum atomic E-state index is 8.91. The molecule has 4 heteroatoms. The first-order valence-corrected chi connectivity index (χ1v) is 5.69. The topological polar surface area (TPSA) is 41.9 Å². The van der Waals surface area contributed by atoms with Gasteiger partial charge < -0.3 is 14.6 Å². The number of likely N-dealkylation sites (tertiary alicyclic amines) is 1. The molecule has 0 saturated carbocycles. The zero-order valence-electron chi connectivity index (χ0n) is 9.82. The molecule has 1 saturated heterocycles. The largest absolute Gasteiger partial charge is 0.396 e. The minimum absolute atomic E-state index is 0.127. The summed E-state index contributed by atoms with van der Waals surface area (Å²) in [5, 5.41) is 8.91. The lowest BCUT2D eigenvalue weighted by atomic mass is 9.95. The molecule has 0 amide bonds. The van der Waals surface area contributed by atoms with E-state index in [0.717, 1.165) is 26.1 Å². The number of methoxy groups -OCH3 is 2. The first-order valence-electron chi connectivity index (χ1n) is 5.69. The Bertz CT molecular complexity index is 160. The van der Waals surface area contributed by atoms with Gasteiger partial charge in [0.1, 0.15) is 0 Å². The second-order valence-corrected chi connectivity index (χ2v) is 4.18. The van der Waals surface area contributed by atoms with Gasteiger partial charge in [0.15, 0.2) is 6.29 Å². The molecule has 4 nitrogen and oxygen atoms in total. The summed E-state index contributed by atoms with van der Waals surface area (Å²) in [6, 6.07) is 0. The molecule has 1 rings (SSSR count). The van der Waals surface area contributed by atoms with Crippen molar-refractivity contribution in [3.05, 3.63) is 0 Å². The Kier molecular flexibility index (Phi) is 6.17. The molecule has 0 aliphatic carbocycles. The summed E-state index contributed by atoms with van der Waals surface area (Å²) in [5.74, 6) is 0.637. The second-order valence-electron chi connectivity index (χ2n) is 4.18. The number of aliphatic hydroxyl groups is 1. The van der Waals surface area contributed by atoms with E-state index in [9.17, 15) is 0 Å². The molecule has 0 aromatic carbocycles. The number of aliphatic hydroxyl groups excluding tert-OH is 1. The SMILES string of the molecule is COC(CN1CCCC(CCO)C1)OC. The predicted octanol–water partition coefficient (Wildman–Crippen LogP) is 0.700. The molecule has 1 fully saturated rings. The van der Waals surface area contributed by atoms with Crippen molar-refractivity contribution >= 4 is 0 Å². The van der Waals surface area contributed by atoms with Crippen molar-refractivity contribution in [3.63, 3.8) is 0 Å². The van der Waals surface area contributed by atoms with Gasteiger partial charge in [-0.2, -0.15) is 0 Å². The molecule has 1 N–H and O–H groups in total. The zero-order valence-corrected chi connectivity index (χ0v) is 9.82. The highest BCUT2D eigenvalue weighted by Crippen LogP contribution is 2.19. The van der Waals surface area contributed by atoms with Crippen molar-refractivity contribution in [1.29, 1.82) is 0 Å². The average molecular weight is 217 g/mol. The van der Waals surface area contributed by atoms with Gasteiger partial charge in [0.25, 0.3) is 0 Å². The highest BCUT2D eigenvalue weighted by molar-refractivity contribution is 4.73. The lowest BCUT2D eigenvalue weighted by molar-refractivity contribution is -0.119. The molecule has 90 valence electrons. The zero-order chi connectivity index (χ0) is 11.1. The van der Waals surface area contributed by atoms with Crippen molar-refractivity contribution in [3.8, 4) is 0 Å². The fourth-order valence-electron chi connectivity index (χ4n) is 2.19. The van der Waals surface area contributed by atoms with Gasteiger partial charge >= 0.3 is 0 Å². The Hall–Kier alpha value is -0.160. The summed E-state index contributed by atoms with van der Waals surface area (Å²) in [4.78, 5) is 2.36. The van der Waals surface area contributed by atoms with Gasteiger partial charge in [-0.1, -0.05) is 0 Å². The van der Waals surface area contributed by atoms with E-state index in [1.807, 2.05) is 0 Å². The standard InChI is InChI=1S/C11H23NO3/c1-14-11(15-2)9-12-6-3-4-10(8-12)5-7-13/h10-11,13H,3-9H2,1-2H3. The van der Waals surface area contributed by atoms with Crippen LogP contribution in [-0.4, -0.2) is 56.8 Å². The number of piperidine rings is 1. The first-order chi connectivity index (χ1) is 7.30. The Morgan fingerprint density at radius 1 is 1.40 bits per heavy atom. The van der Waals surface area contributed by atoms with Crippen LogP contribution in [0, 0.1) is 5.92 Å². The van der Waals surface area contributed by atoms with Gasteiger partial charge in [-0.3, -0.25) is 4.90 Å². The third-order valence-corrected chi connectivity index (χ3v) is 3.07. The molecule has 1 aliphatic rings. The van der Waals surface area contributed by atoms with Crippen LogP contribution in [0.2, 0.25) is 0 Å². The van der Waals surface area contributed by atoms with Crippen LogP contribution in [0.4, 0.5) is 0 Å². The molecule has 1 aliphatic heterocycles. The predicted molar refractivity (Wildman–Crippen MR) is 58.7 cm³/mol. The minimum Gasteiger partial charge on any atom is -0.396 e. The highest BCUT2D eigenvalue weighted by Gasteiger charge is 2.21. The molecule has 1 heterocycles. The van der Waals surface area contributed by atoms with Gasteiger partial charge in [0.05, 0.1) is 0 Å². The van der Waals surface area contributed by atoms with Crippen LogP contribution >= 0.6 is 0 Å². The Morgan fingerprint density at radius 3 is 2.73 bits per heavy atom.